The van der Waals surface area contributed by atoms with Gasteiger partial charge >= 0.3 is 5.97 Å². The van der Waals surface area contributed by atoms with Crippen molar-refractivity contribution in [3.63, 3.8) is 0 Å². The number of carbonyl (C=O) groups excluding carboxylic acids is 1. The molecule has 0 spiro atoms. The zero-order valence-corrected chi connectivity index (χ0v) is 11.1. The van der Waals surface area contributed by atoms with E-state index in [1.165, 1.54) is 0 Å². The van der Waals surface area contributed by atoms with Crippen LogP contribution in [0.3, 0.4) is 0 Å². The van der Waals surface area contributed by atoms with E-state index < -0.39 is 30.3 Å². The Hall–Kier alpha value is -1.11. The molecule has 1 aromatic rings. The van der Waals surface area contributed by atoms with Crippen molar-refractivity contribution in [2.45, 2.75) is 25.1 Å². The van der Waals surface area contributed by atoms with Crippen LogP contribution in [0.2, 0.25) is 0 Å². The molecule has 0 amide bonds. The van der Waals surface area contributed by atoms with Crippen LogP contribution in [0.15, 0.2) is 6.07 Å². The van der Waals surface area contributed by atoms with Gasteiger partial charge in [0.05, 0.1) is 18.7 Å². The molecule has 0 N–H and O–H groups in total. The van der Waals surface area contributed by atoms with Gasteiger partial charge in [-0.2, -0.15) is 4.39 Å². The van der Waals surface area contributed by atoms with E-state index in [0.29, 0.717) is 0 Å². The normalized spacial score (nSPS) is 10.8. The minimum absolute atomic E-state index is 0.0136. The molecule has 0 unspecified atom stereocenters. The Morgan fingerprint density at radius 3 is 2.72 bits per heavy atom. The van der Waals surface area contributed by atoms with Crippen LogP contribution in [0.1, 0.15) is 30.2 Å². The molecule has 7 heteroatoms. The van der Waals surface area contributed by atoms with Crippen molar-refractivity contribution in [2.75, 3.05) is 6.61 Å². The van der Waals surface area contributed by atoms with Crippen LogP contribution in [0.4, 0.5) is 13.2 Å². The van der Waals surface area contributed by atoms with Crippen molar-refractivity contribution in [2.24, 2.45) is 0 Å². The molecule has 1 heterocycles. The fourth-order valence-electron chi connectivity index (χ4n) is 1.51. The van der Waals surface area contributed by atoms with Gasteiger partial charge in [-0.1, -0.05) is 15.9 Å². The van der Waals surface area contributed by atoms with Crippen LogP contribution in [0.25, 0.3) is 0 Å². The van der Waals surface area contributed by atoms with Gasteiger partial charge in [0.15, 0.2) is 0 Å². The Morgan fingerprint density at radius 1 is 1.56 bits per heavy atom. The zero-order chi connectivity index (χ0) is 13.7. The van der Waals surface area contributed by atoms with Gasteiger partial charge in [-0.25, -0.2) is 13.8 Å². The lowest BCUT2D eigenvalue weighted by Crippen LogP contribution is -2.12. The minimum Gasteiger partial charge on any atom is -0.466 e. The second kappa shape index (κ2) is 6.72. The zero-order valence-electron chi connectivity index (χ0n) is 9.55. The highest BCUT2D eigenvalue weighted by Gasteiger charge is 2.22. The lowest BCUT2D eigenvalue weighted by Gasteiger charge is -2.12. The molecule has 18 heavy (non-hydrogen) atoms. The summed E-state index contributed by atoms with van der Waals surface area (Å²) in [7, 11) is 0. The lowest BCUT2D eigenvalue weighted by atomic mass is 10.0. The van der Waals surface area contributed by atoms with Gasteiger partial charge in [0.2, 0.25) is 5.95 Å². The smallest absolute Gasteiger partial charge is 0.310 e. The first-order chi connectivity index (χ1) is 8.49. The van der Waals surface area contributed by atoms with Crippen molar-refractivity contribution >= 4 is 21.9 Å². The maximum atomic E-state index is 13.2. The SMILES string of the molecule is CCOC(=O)Cc1cc(F)nc(CBr)c1C(F)F. The average molecular weight is 326 g/mol. The number of alkyl halides is 3. The van der Waals surface area contributed by atoms with Gasteiger partial charge in [-0.05, 0) is 18.6 Å². The van der Waals surface area contributed by atoms with E-state index in [1.807, 2.05) is 0 Å². The molecule has 1 aromatic heterocycles. The maximum Gasteiger partial charge on any atom is 0.310 e. The standard InChI is InChI=1S/C11H11BrF3NO2/c1-2-18-9(17)4-6-3-8(13)16-7(5-12)10(6)11(14)15/h3,11H,2,4-5H2,1H3. The molecular weight excluding hydrogens is 315 g/mol. The number of ether oxygens (including phenoxy) is 1. The van der Waals surface area contributed by atoms with Crippen LogP contribution in [0, 0.1) is 5.95 Å². The summed E-state index contributed by atoms with van der Waals surface area (Å²) in [6.07, 6.45) is -3.22. The average Bonchev–Trinajstić information content (AvgIpc) is 2.27. The molecule has 0 aliphatic heterocycles. The highest BCUT2D eigenvalue weighted by molar-refractivity contribution is 9.08. The number of esters is 1. The molecule has 0 saturated carbocycles. The maximum absolute atomic E-state index is 13.2. The van der Waals surface area contributed by atoms with Gasteiger partial charge in [-0.3, -0.25) is 4.79 Å². The van der Waals surface area contributed by atoms with Gasteiger partial charge in [0.25, 0.3) is 6.43 Å². The predicted octanol–water partition coefficient (Wildman–Crippen LogP) is 3.16. The Bertz CT molecular complexity index is 441. The summed E-state index contributed by atoms with van der Waals surface area (Å²) in [5, 5.41) is -0.0136. The Labute approximate surface area is 110 Å². The van der Waals surface area contributed by atoms with Gasteiger partial charge < -0.3 is 4.74 Å². The summed E-state index contributed by atoms with van der Waals surface area (Å²) in [5.74, 6) is -1.57. The first-order valence-electron chi connectivity index (χ1n) is 5.17. The molecule has 0 aliphatic carbocycles. The minimum atomic E-state index is -2.82. The number of halogens is 4. The summed E-state index contributed by atoms with van der Waals surface area (Å²) < 4.78 is 43.6. The molecule has 0 radical (unpaired) electrons. The van der Waals surface area contributed by atoms with Crippen molar-refractivity contribution in [1.82, 2.24) is 4.98 Å². The Balaban J connectivity index is 3.15. The number of rotatable bonds is 5. The Morgan fingerprint density at radius 2 is 2.22 bits per heavy atom. The molecule has 3 nitrogen and oxygen atoms in total. The first-order valence-corrected chi connectivity index (χ1v) is 6.29. The van der Waals surface area contributed by atoms with Crippen LogP contribution in [-0.2, 0) is 21.3 Å². The van der Waals surface area contributed by atoms with Crippen molar-refractivity contribution in [3.8, 4) is 0 Å². The third kappa shape index (κ3) is 3.69. The molecule has 0 saturated heterocycles. The molecular formula is C11H11BrF3NO2. The fourth-order valence-corrected chi connectivity index (χ4v) is 1.94. The lowest BCUT2D eigenvalue weighted by molar-refractivity contribution is -0.142. The second-order valence-electron chi connectivity index (χ2n) is 3.38. The third-order valence-corrected chi connectivity index (χ3v) is 2.71. The summed E-state index contributed by atoms with van der Waals surface area (Å²) in [6.45, 7) is 1.74. The van der Waals surface area contributed by atoms with Crippen LogP contribution < -0.4 is 0 Å². The Kier molecular flexibility index (Phi) is 5.58. The molecule has 100 valence electrons. The highest BCUT2D eigenvalue weighted by atomic mass is 79.9. The predicted molar refractivity (Wildman–Crippen MR) is 62.1 cm³/mol. The summed E-state index contributed by atoms with van der Waals surface area (Å²) in [5.41, 5.74) is -0.615. The molecule has 0 atom stereocenters. The van der Waals surface area contributed by atoms with Crippen molar-refractivity contribution in [3.05, 3.63) is 28.8 Å². The number of hydrogen-bond donors (Lipinski definition) is 0. The van der Waals surface area contributed by atoms with Crippen LogP contribution in [-0.4, -0.2) is 17.6 Å². The second-order valence-corrected chi connectivity index (χ2v) is 3.94. The van der Waals surface area contributed by atoms with Gasteiger partial charge in [0, 0.05) is 10.9 Å². The molecule has 1 rings (SSSR count). The molecule has 0 bridgehead atoms. The van der Waals surface area contributed by atoms with Crippen LogP contribution >= 0.6 is 15.9 Å². The summed E-state index contributed by atoms with van der Waals surface area (Å²) in [4.78, 5) is 14.7. The number of nitrogens with zero attached hydrogens (tertiary/aromatic N) is 1. The van der Waals surface area contributed by atoms with Crippen molar-refractivity contribution < 1.29 is 22.7 Å². The topological polar surface area (TPSA) is 39.2 Å². The molecule has 0 aromatic carbocycles. The van der Waals surface area contributed by atoms with E-state index in [0.717, 1.165) is 6.07 Å². The first kappa shape index (κ1) is 14.9. The van der Waals surface area contributed by atoms with Crippen LogP contribution in [0.5, 0.6) is 0 Å². The van der Waals surface area contributed by atoms with E-state index >= 15 is 0 Å². The molecule has 0 aliphatic rings. The third-order valence-electron chi connectivity index (χ3n) is 2.18. The number of aromatic nitrogens is 1. The van der Waals surface area contributed by atoms with E-state index in [-0.39, 0.29) is 23.2 Å². The van der Waals surface area contributed by atoms with E-state index in [2.05, 4.69) is 25.7 Å². The van der Waals surface area contributed by atoms with E-state index in [4.69, 9.17) is 0 Å². The largest absolute Gasteiger partial charge is 0.466 e. The number of carbonyl (C=O) groups is 1. The number of hydrogen-bond acceptors (Lipinski definition) is 3. The van der Waals surface area contributed by atoms with E-state index in [1.54, 1.807) is 6.92 Å². The quantitative estimate of drug-likeness (QED) is 0.474. The van der Waals surface area contributed by atoms with E-state index in [9.17, 15) is 18.0 Å². The molecule has 0 fully saturated rings. The van der Waals surface area contributed by atoms with Gasteiger partial charge in [-0.15, -0.1) is 0 Å². The van der Waals surface area contributed by atoms with Gasteiger partial charge in [0.1, 0.15) is 0 Å². The fraction of sp³-hybridized carbons (Fsp3) is 0.455. The highest BCUT2D eigenvalue weighted by Crippen LogP contribution is 2.28. The summed E-state index contributed by atoms with van der Waals surface area (Å²) in [6, 6.07) is 0.838. The van der Waals surface area contributed by atoms with Crippen molar-refractivity contribution in [1.29, 1.82) is 0 Å². The summed E-state index contributed by atoms with van der Waals surface area (Å²) >= 11 is 2.96. The monoisotopic (exact) mass is 325 g/mol. The number of pyridine rings is 1.